The van der Waals surface area contributed by atoms with Crippen LogP contribution in [0.25, 0.3) is 0 Å². The van der Waals surface area contributed by atoms with Gasteiger partial charge in [0.1, 0.15) is 11.9 Å². The second kappa shape index (κ2) is 10.1. The maximum Gasteiger partial charge on any atom is 0.270 e. The van der Waals surface area contributed by atoms with E-state index >= 15 is 0 Å². The van der Waals surface area contributed by atoms with E-state index in [-0.39, 0.29) is 11.9 Å². The molecule has 7 heteroatoms. The first-order chi connectivity index (χ1) is 17.0. The zero-order valence-corrected chi connectivity index (χ0v) is 21.8. The molecule has 0 radical (unpaired) electrons. The quantitative estimate of drug-likeness (QED) is 0.483. The molecular formula is C28H33N3O3S. The summed E-state index contributed by atoms with van der Waals surface area (Å²) in [6, 6.07) is 10.0. The molecule has 0 aromatic heterocycles. The van der Waals surface area contributed by atoms with Crippen molar-refractivity contribution in [3.05, 3.63) is 52.6 Å². The monoisotopic (exact) mass is 491 g/mol. The van der Waals surface area contributed by atoms with Crippen LogP contribution in [-0.2, 0) is 10.5 Å². The van der Waals surface area contributed by atoms with Crippen molar-refractivity contribution in [1.82, 2.24) is 4.90 Å². The minimum Gasteiger partial charge on any atom is -0.493 e. The van der Waals surface area contributed by atoms with Gasteiger partial charge in [0.05, 0.1) is 19.9 Å². The molecule has 2 aromatic rings. The Hall–Kier alpha value is -2.80. The maximum atomic E-state index is 13.3. The fourth-order valence-electron chi connectivity index (χ4n) is 5.35. The first-order valence-corrected chi connectivity index (χ1v) is 13.4. The standard InChI is InChI=1S/C28H33N3O3S/c1-17-10-11-18(2)20(12-17)16-35-28-29-22-15-25(34-4)24(33-3)14-21(22)26-30-27(32)23(31(26)28)13-19-8-6-5-7-9-19/h10-12,14-15,19,23H,5-9,13,16H2,1-4H3/t23-/m0/s1. The summed E-state index contributed by atoms with van der Waals surface area (Å²) in [5.41, 5.74) is 5.36. The molecule has 2 aromatic carbocycles. The van der Waals surface area contributed by atoms with Crippen LogP contribution >= 0.6 is 11.8 Å². The van der Waals surface area contributed by atoms with E-state index in [0.717, 1.165) is 28.6 Å². The van der Waals surface area contributed by atoms with Gasteiger partial charge in [-0.05, 0) is 43.4 Å². The number of rotatable bonds is 6. The van der Waals surface area contributed by atoms with E-state index in [9.17, 15) is 4.79 Å². The van der Waals surface area contributed by atoms with Crippen molar-refractivity contribution in [2.24, 2.45) is 15.9 Å². The van der Waals surface area contributed by atoms with Gasteiger partial charge >= 0.3 is 0 Å². The van der Waals surface area contributed by atoms with Gasteiger partial charge in [-0.1, -0.05) is 67.6 Å². The third-order valence-corrected chi connectivity index (χ3v) is 8.35. The number of hydrogen-bond donors (Lipinski definition) is 0. The molecule has 184 valence electrons. The summed E-state index contributed by atoms with van der Waals surface area (Å²) in [5, 5.41) is 0.830. The fourth-order valence-corrected chi connectivity index (χ4v) is 6.46. The molecule has 0 unspecified atom stereocenters. The molecule has 35 heavy (non-hydrogen) atoms. The average molecular weight is 492 g/mol. The molecule has 1 aliphatic carbocycles. The van der Waals surface area contributed by atoms with Crippen LogP contribution in [-0.4, -0.2) is 42.1 Å². The van der Waals surface area contributed by atoms with Gasteiger partial charge in [0.2, 0.25) is 0 Å². The zero-order chi connectivity index (χ0) is 24.5. The molecule has 0 saturated heterocycles. The Balaban J connectivity index is 1.52. The number of ether oxygens (including phenoxy) is 2. The SMILES string of the molecule is COc1cc2c(cc1OC)C1=NC(=O)[C@H](CC3CCCCC3)N1C(SCc1cc(C)ccc1C)=N2. The number of nitrogens with zero attached hydrogens (tertiary/aromatic N) is 3. The Morgan fingerprint density at radius 3 is 2.49 bits per heavy atom. The number of amidine groups is 2. The largest absolute Gasteiger partial charge is 0.493 e. The van der Waals surface area contributed by atoms with Crippen LogP contribution < -0.4 is 9.47 Å². The highest BCUT2D eigenvalue weighted by Crippen LogP contribution is 2.42. The Bertz CT molecular complexity index is 1200. The third-order valence-electron chi connectivity index (χ3n) is 7.35. The van der Waals surface area contributed by atoms with Gasteiger partial charge in [-0.25, -0.2) is 4.99 Å². The topological polar surface area (TPSA) is 63.5 Å². The third kappa shape index (κ3) is 4.70. The second-order valence-corrected chi connectivity index (χ2v) is 10.7. The van der Waals surface area contributed by atoms with Gasteiger partial charge in [-0.2, -0.15) is 4.99 Å². The second-order valence-electron chi connectivity index (χ2n) is 9.74. The maximum absolute atomic E-state index is 13.3. The van der Waals surface area contributed by atoms with Crippen LogP contribution in [0.1, 0.15) is 60.8 Å². The van der Waals surface area contributed by atoms with Crippen molar-refractivity contribution in [3.8, 4) is 11.5 Å². The first-order valence-electron chi connectivity index (χ1n) is 12.4. The van der Waals surface area contributed by atoms with Crippen molar-refractivity contribution in [2.45, 2.75) is 64.2 Å². The van der Waals surface area contributed by atoms with Crippen LogP contribution in [0, 0.1) is 19.8 Å². The number of carbonyl (C=O) groups is 1. The van der Waals surface area contributed by atoms with Crippen molar-refractivity contribution in [1.29, 1.82) is 0 Å². The van der Waals surface area contributed by atoms with Crippen LogP contribution in [0.5, 0.6) is 11.5 Å². The number of fused-ring (bicyclic) bond motifs is 3. The van der Waals surface area contributed by atoms with Gasteiger partial charge in [0, 0.05) is 17.4 Å². The summed E-state index contributed by atoms with van der Waals surface area (Å²) < 4.78 is 11.1. The molecule has 1 amide bonds. The first kappa shape index (κ1) is 23.9. The number of carbonyl (C=O) groups excluding carboxylic acids is 1. The summed E-state index contributed by atoms with van der Waals surface area (Å²) in [6.07, 6.45) is 7.02. The van der Waals surface area contributed by atoms with Crippen LogP contribution in [0.4, 0.5) is 5.69 Å². The van der Waals surface area contributed by atoms with Crippen LogP contribution in [0.3, 0.4) is 0 Å². The van der Waals surface area contributed by atoms with Crippen molar-refractivity contribution >= 4 is 34.4 Å². The number of thioether (sulfide) groups is 1. The molecule has 6 nitrogen and oxygen atoms in total. The van der Waals surface area contributed by atoms with Gasteiger partial charge in [-0.15, -0.1) is 0 Å². The van der Waals surface area contributed by atoms with E-state index in [2.05, 4.69) is 41.9 Å². The molecule has 1 atom stereocenters. The van der Waals surface area contributed by atoms with E-state index in [1.165, 1.54) is 48.8 Å². The summed E-state index contributed by atoms with van der Waals surface area (Å²) in [6.45, 7) is 4.26. The number of aliphatic imine (C=N–C) groups is 2. The summed E-state index contributed by atoms with van der Waals surface area (Å²) in [7, 11) is 3.24. The Labute approximate surface area is 211 Å². The van der Waals surface area contributed by atoms with Crippen molar-refractivity contribution < 1.29 is 14.3 Å². The summed E-state index contributed by atoms with van der Waals surface area (Å²) in [4.78, 5) is 25.0. The van der Waals surface area contributed by atoms with Gasteiger partial charge in [0.15, 0.2) is 16.7 Å². The zero-order valence-electron chi connectivity index (χ0n) is 21.0. The van der Waals surface area contributed by atoms with Gasteiger partial charge in [-0.3, -0.25) is 9.69 Å². The Morgan fingerprint density at radius 2 is 1.74 bits per heavy atom. The normalized spacial score (nSPS) is 19.7. The van der Waals surface area contributed by atoms with E-state index in [1.54, 1.807) is 26.0 Å². The molecular weight excluding hydrogens is 458 g/mol. The molecule has 1 fully saturated rings. The molecule has 2 heterocycles. The lowest BCUT2D eigenvalue weighted by Crippen LogP contribution is -2.44. The Morgan fingerprint density at radius 1 is 1.00 bits per heavy atom. The highest BCUT2D eigenvalue weighted by Gasteiger charge is 2.43. The summed E-state index contributed by atoms with van der Waals surface area (Å²) in [5.74, 6) is 3.19. The van der Waals surface area contributed by atoms with E-state index in [1.807, 2.05) is 12.1 Å². The molecule has 5 rings (SSSR count). The molecule has 2 aliphatic heterocycles. The molecule has 1 saturated carbocycles. The molecule has 3 aliphatic rings. The van der Waals surface area contributed by atoms with Crippen molar-refractivity contribution in [2.75, 3.05) is 14.2 Å². The lowest BCUT2D eigenvalue weighted by Gasteiger charge is -2.34. The minimum atomic E-state index is -0.292. The average Bonchev–Trinajstić information content (AvgIpc) is 3.20. The number of benzene rings is 2. The molecule has 0 N–H and O–H groups in total. The fraction of sp³-hybridized carbons (Fsp3) is 0.464. The summed E-state index contributed by atoms with van der Waals surface area (Å²) >= 11 is 1.68. The predicted molar refractivity (Wildman–Crippen MR) is 142 cm³/mol. The number of hydrogen-bond acceptors (Lipinski definition) is 6. The van der Waals surface area contributed by atoms with E-state index in [0.29, 0.717) is 23.3 Å². The van der Waals surface area contributed by atoms with E-state index in [4.69, 9.17) is 14.5 Å². The Kier molecular flexibility index (Phi) is 6.87. The van der Waals surface area contributed by atoms with Crippen LogP contribution in [0.2, 0.25) is 0 Å². The van der Waals surface area contributed by atoms with E-state index < -0.39 is 0 Å². The van der Waals surface area contributed by atoms with Crippen LogP contribution in [0.15, 0.2) is 40.3 Å². The molecule has 0 bridgehead atoms. The van der Waals surface area contributed by atoms with Gasteiger partial charge < -0.3 is 9.47 Å². The number of methoxy groups -OCH3 is 2. The molecule has 0 spiro atoms. The minimum absolute atomic E-state index is 0.0618. The predicted octanol–water partition coefficient (Wildman–Crippen LogP) is 6.18. The van der Waals surface area contributed by atoms with Crippen molar-refractivity contribution in [3.63, 3.8) is 0 Å². The number of aryl methyl sites for hydroxylation is 2. The smallest absolute Gasteiger partial charge is 0.270 e. The lowest BCUT2D eigenvalue weighted by molar-refractivity contribution is -0.120. The van der Waals surface area contributed by atoms with Gasteiger partial charge in [0.25, 0.3) is 5.91 Å². The lowest BCUT2D eigenvalue weighted by atomic mass is 9.84. The number of amides is 1. The highest BCUT2D eigenvalue weighted by atomic mass is 32.2. The highest BCUT2D eigenvalue weighted by molar-refractivity contribution is 8.13.